The van der Waals surface area contributed by atoms with Gasteiger partial charge in [-0.1, -0.05) is 36.9 Å². The van der Waals surface area contributed by atoms with Crippen LogP contribution in [0.4, 0.5) is 5.69 Å². The number of ether oxygens (including phenoxy) is 1. The minimum Gasteiger partial charge on any atom is -0.447 e. The molecule has 1 atom stereocenters. The number of halogens is 2. The van der Waals surface area contributed by atoms with Gasteiger partial charge in [-0.25, -0.2) is 0 Å². The van der Waals surface area contributed by atoms with Crippen LogP contribution in [0.3, 0.4) is 0 Å². The lowest BCUT2D eigenvalue weighted by Crippen LogP contribution is -2.16. The predicted molar refractivity (Wildman–Crippen MR) is 107 cm³/mol. The van der Waals surface area contributed by atoms with Gasteiger partial charge in [0, 0.05) is 23.1 Å². The van der Waals surface area contributed by atoms with E-state index in [-0.39, 0.29) is 0 Å². The molecule has 3 heterocycles. The van der Waals surface area contributed by atoms with Gasteiger partial charge in [-0.2, -0.15) is 4.98 Å². The van der Waals surface area contributed by atoms with Gasteiger partial charge in [-0.15, -0.1) is 10.2 Å². The summed E-state index contributed by atoms with van der Waals surface area (Å²) >= 11 is 8.37. The first-order chi connectivity index (χ1) is 12.7. The molecule has 1 aromatic carbocycles. The number of aromatic nitrogens is 3. The number of nitrogens with zero attached hydrogens (tertiary/aromatic N) is 3. The number of hydrogen-bond donors (Lipinski definition) is 1. The number of rotatable bonds is 4. The van der Waals surface area contributed by atoms with E-state index >= 15 is 0 Å². The van der Waals surface area contributed by atoms with Crippen LogP contribution in [-0.2, 0) is 0 Å². The van der Waals surface area contributed by atoms with Crippen LogP contribution < -0.4 is 10.1 Å². The average Bonchev–Trinajstić information content (AvgIpc) is 2.89. The van der Waals surface area contributed by atoms with Crippen LogP contribution in [0.25, 0.3) is 11.3 Å². The standard InChI is InChI=1S/C17H14Br2N4O2S/c1-2-7-26-17-21-16-13(22-23-17)9-5-3-4-6-11(9)20-15(25-16)12-8-10(18)14(19)24-12/h3-6,8,15,20H,2,7H2,1H3. The second-order valence-corrected chi connectivity index (χ2v) is 8.19. The molecule has 0 saturated heterocycles. The molecule has 1 unspecified atom stereocenters. The smallest absolute Gasteiger partial charge is 0.247 e. The number of hydrogen-bond acceptors (Lipinski definition) is 7. The van der Waals surface area contributed by atoms with Crippen molar-refractivity contribution < 1.29 is 9.15 Å². The molecule has 1 N–H and O–H groups in total. The molecule has 6 nitrogen and oxygen atoms in total. The van der Waals surface area contributed by atoms with Gasteiger partial charge in [0.25, 0.3) is 0 Å². The summed E-state index contributed by atoms with van der Waals surface area (Å²) in [6, 6.07) is 9.70. The first-order valence-electron chi connectivity index (χ1n) is 8.00. The van der Waals surface area contributed by atoms with Crippen LogP contribution in [0.2, 0.25) is 0 Å². The summed E-state index contributed by atoms with van der Waals surface area (Å²) < 4.78 is 13.3. The maximum absolute atomic E-state index is 6.14. The summed E-state index contributed by atoms with van der Waals surface area (Å²) in [6.45, 7) is 2.11. The molecule has 4 rings (SSSR count). The Bertz CT molecular complexity index is 931. The normalized spacial score (nSPS) is 15.4. The number of benzene rings is 1. The molecule has 0 amide bonds. The highest BCUT2D eigenvalue weighted by molar-refractivity contribution is 9.13. The Morgan fingerprint density at radius 1 is 1.23 bits per heavy atom. The first kappa shape index (κ1) is 17.8. The monoisotopic (exact) mass is 496 g/mol. The van der Waals surface area contributed by atoms with Crippen LogP contribution in [0, 0.1) is 0 Å². The highest BCUT2D eigenvalue weighted by Crippen LogP contribution is 2.41. The van der Waals surface area contributed by atoms with E-state index in [1.54, 1.807) is 11.8 Å². The summed E-state index contributed by atoms with van der Waals surface area (Å²) in [5, 5.41) is 12.6. The Labute approximate surface area is 171 Å². The Kier molecular flexibility index (Phi) is 5.19. The lowest BCUT2D eigenvalue weighted by molar-refractivity contribution is 0.194. The Morgan fingerprint density at radius 3 is 2.85 bits per heavy atom. The largest absolute Gasteiger partial charge is 0.447 e. The van der Waals surface area contributed by atoms with Gasteiger partial charge in [0.1, 0.15) is 0 Å². The molecule has 2 aromatic heterocycles. The van der Waals surface area contributed by atoms with Crippen molar-refractivity contribution in [3.63, 3.8) is 0 Å². The third-order valence-electron chi connectivity index (χ3n) is 3.69. The number of thioether (sulfide) groups is 1. The van der Waals surface area contributed by atoms with E-state index in [0.29, 0.717) is 27.2 Å². The summed E-state index contributed by atoms with van der Waals surface area (Å²) in [4.78, 5) is 4.58. The van der Waals surface area contributed by atoms with Crippen molar-refractivity contribution in [2.75, 3.05) is 11.1 Å². The number of nitrogens with one attached hydrogen (secondary N) is 1. The molecule has 1 aliphatic rings. The van der Waals surface area contributed by atoms with E-state index < -0.39 is 6.23 Å². The third kappa shape index (κ3) is 3.47. The van der Waals surface area contributed by atoms with Gasteiger partial charge in [0.2, 0.25) is 17.3 Å². The lowest BCUT2D eigenvalue weighted by Gasteiger charge is -2.16. The van der Waals surface area contributed by atoms with Crippen molar-refractivity contribution in [3.8, 4) is 17.1 Å². The van der Waals surface area contributed by atoms with Crippen molar-refractivity contribution in [2.24, 2.45) is 0 Å². The van der Waals surface area contributed by atoms with Crippen molar-refractivity contribution in [1.29, 1.82) is 0 Å². The van der Waals surface area contributed by atoms with E-state index in [0.717, 1.165) is 27.9 Å². The van der Waals surface area contributed by atoms with Crippen LogP contribution in [-0.4, -0.2) is 20.9 Å². The molecule has 26 heavy (non-hydrogen) atoms. The number of para-hydroxylation sites is 1. The fourth-order valence-corrected chi connectivity index (χ4v) is 3.76. The predicted octanol–water partition coefficient (Wildman–Crippen LogP) is 5.66. The van der Waals surface area contributed by atoms with Gasteiger partial charge >= 0.3 is 0 Å². The number of fused-ring (bicyclic) bond motifs is 3. The van der Waals surface area contributed by atoms with Gasteiger partial charge in [0.15, 0.2) is 16.1 Å². The topological polar surface area (TPSA) is 73.1 Å². The molecule has 0 spiro atoms. The van der Waals surface area contributed by atoms with Gasteiger partial charge < -0.3 is 14.5 Å². The molecular weight excluding hydrogens is 484 g/mol. The van der Waals surface area contributed by atoms with E-state index in [1.165, 1.54) is 0 Å². The summed E-state index contributed by atoms with van der Waals surface area (Å²) in [5.41, 5.74) is 2.38. The Morgan fingerprint density at radius 2 is 2.08 bits per heavy atom. The third-order valence-corrected chi connectivity index (χ3v) is 6.45. The molecular formula is C17H14Br2N4O2S. The van der Waals surface area contributed by atoms with Crippen LogP contribution in [0.5, 0.6) is 5.88 Å². The van der Waals surface area contributed by atoms with E-state index in [4.69, 9.17) is 9.15 Å². The van der Waals surface area contributed by atoms with Crippen molar-refractivity contribution in [1.82, 2.24) is 15.2 Å². The summed E-state index contributed by atoms with van der Waals surface area (Å²) in [5.74, 6) is 1.98. The SMILES string of the molecule is CCCSc1nnc2c(n1)OC(c1cc(Br)c(Br)o1)Nc1ccccc1-2. The van der Waals surface area contributed by atoms with Gasteiger partial charge in [0.05, 0.1) is 4.47 Å². The molecule has 0 aliphatic carbocycles. The lowest BCUT2D eigenvalue weighted by atomic mass is 10.1. The minimum atomic E-state index is -0.541. The quantitative estimate of drug-likeness (QED) is 0.466. The zero-order valence-corrected chi connectivity index (χ0v) is 17.7. The molecule has 0 bridgehead atoms. The molecule has 3 aromatic rings. The number of furan rings is 1. The average molecular weight is 498 g/mol. The van der Waals surface area contributed by atoms with Gasteiger partial charge in [-0.05, 0) is 44.3 Å². The Balaban J connectivity index is 1.79. The fraction of sp³-hybridized carbons (Fsp3) is 0.235. The summed E-state index contributed by atoms with van der Waals surface area (Å²) in [6.07, 6.45) is 0.494. The highest BCUT2D eigenvalue weighted by atomic mass is 79.9. The zero-order chi connectivity index (χ0) is 18.1. The number of anilines is 1. The summed E-state index contributed by atoms with van der Waals surface area (Å²) in [7, 11) is 0. The maximum atomic E-state index is 6.14. The van der Waals surface area contributed by atoms with Crippen LogP contribution in [0.15, 0.2) is 49.0 Å². The van der Waals surface area contributed by atoms with Crippen LogP contribution >= 0.6 is 43.6 Å². The molecule has 0 radical (unpaired) electrons. The zero-order valence-electron chi connectivity index (χ0n) is 13.7. The molecule has 1 aliphatic heterocycles. The van der Waals surface area contributed by atoms with E-state index in [2.05, 4.69) is 59.3 Å². The van der Waals surface area contributed by atoms with Crippen molar-refractivity contribution >= 4 is 49.3 Å². The maximum Gasteiger partial charge on any atom is 0.247 e. The second kappa shape index (κ2) is 7.58. The minimum absolute atomic E-state index is 0.435. The van der Waals surface area contributed by atoms with Crippen molar-refractivity contribution in [3.05, 3.63) is 45.2 Å². The van der Waals surface area contributed by atoms with E-state index in [1.807, 2.05) is 30.3 Å². The molecule has 134 valence electrons. The molecule has 9 heteroatoms. The molecule has 0 fully saturated rings. The van der Waals surface area contributed by atoms with Crippen molar-refractivity contribution in [2.45, 2.75) is 24.7 Å². The molecule has 0 saturated carbocycles. The first-order valence-corrected chi connectivity index (χ1v) is 10.6. The van der Waals surface area contributed by atoms with Gasteiger partial charge in [-0.3, -0.25) is 0 Å². The Hall–Kier alpha value is -1.58. The van der Waals surface area contributed by atoms with Crippen LogP contribution in [0.1, 0.15) is 25.3 Å². The second-order valence-electron chi connectivity index (χ2n) is 5.55. The highest BCUT2D eigenvalue weighted by Gasteiger charge is 2.28. The van der Waals surface area contributed by atoms with E-state index in [9.17, 15) is 0 Å². The fourth-order valence-electron chi connectivity index (χ4n) is 2.52.